The average Bonchev–Trinajstić information content (AvgIpc) is 3.17. The lowest BCUT2D eigenvalue weighted by atomic mass is 10.1. The van der Waals surface area contributed by atoms with Crippen LogP contribution in [0, 0.1) is 0 Å². The molecule has 0 aliphatic rings. The van der Waals surface area contributed by atoms with Gasteiger partial charge in [-0.15, -0.1) is 35.3 Å². The zero-order chi connectivity index (χ0) is 18.2. The second kappa shape index (κ2) is 11.1. The molecule has 0 saturated heterocycles. The summed E-state index contributed by atoms with van der Waals surface area (Å²) in [5.74, 6) is 1.89. The molecule has 0 radical (unpaired) electrons. The molecule has 0 fully saturated rings. The van der Waals surface area contributed by atoms with E-state index in [4.69, 9.17) is 9.47 Å². The molecule has 26 heavy (non-hydrogen) atoms. The Bertz CT molecular complexity index is 683. The number of nitrogens with one attached hydrogen (secondary N) is 2. The number of rotatable bonds is 7. The molecule has 2 rings (SSSR count). The highest BCUT2D eigenvalue weighted by Crippen LogP contribution is 2.36. The molecule has 8 heteroatoms. The van der Waals surface area contributed by atoms with Gasteiger partial charge in [0, 0.05) is 30.9 Å². The number of aliphatic imine (C=N–C) groups is 1. The molecule has 1 heterocycles. The van der Waals surface area contributed by atoms with E-state index in [1.165, 1.54) is 19.1 Å². The molecule has 1 aromatic heterocycles. The minimum Gasteiger partial charge on any atom is -0.502 e. The van der Waals surface area contributed by atoms with Crippen LogP contribution in [0.15, 0.2) is 34.6 Å². The Balaban J connectivity index is 0.00000338. The molecular formula is C18H26IN3O3S. The summed E-state index contributed by atoms with van der Waals surface area (Å²) in [6.45, 7) is 3.50. The smallest absolute Gasteiger partial charge is 0.200 e. The Labute approximate surface area is 175 Å². The minimum atomic E-state index is 0. The van der Waals surface area contributed by atoms with Crippen LogP contribution in [0.1, 0.15) is 23.3 Å². The Morgan fingerprint density at radius 1 is 1.23 bits per heavy atom. The topological polar surface area (TPSA) is 75.1 Å². The molecule has 1 aromatic carbocycles. The number of guanidine groups is 1. The maximum absolute atomic E-state index is 9.97. The number of halogens is 1. The van der Waals surface area contributed by atoms with Crippen LogP contribution < -0.4 is 20.1 Å². The van der Waals surface area contributed by atoms with Crippen LogP contribution in [-0.4, -0.2) is 38.9 Å². The lowest BCUT2D eigenvalue weighted by Crippen LogP contribution is -2.38. The van der Waals surface area contributed by atoms with Crippen molar-refractivity contribution in [3.63, 3.8) is 0 Å². The van der Waals surface area contributed by atoms with Crippen molar-refractivity contribution in [1.82, 2.24) is 10.6 Å². The number of aromatic hydroxyl groups is 1. The average molecular weight is 491 g/mol. The van der Waals surface area contributed by atoms with Gasteiger partial charge in [0.25, 0.3) is 0 Å². The van der Waals surface area contributed by atoms with E-state index in [-0.39, 0.29) is 29.7 Å². The maximum atomic E-state index is 9.97. The number of hydrogen-bond donors (Lipinski definition) is 3. The third kappa shape index (κ3) is 5.94. The number of nitrogens with zero attached hydrogens (tertiary/aromatic N) is 1. The maximum Gasteiger partial charge on any atom is 0.200 e. The van der Waals surface area contributed by atoms with E-state index in [0.29, 0.717) is 24.0 Å². The first kappa shape index (κ1) is 22.4. The summed E-state index contributed by atoms with van der Waals surface area (Å²) < 4.78 is 10.4. The molecule has 0 amide bonds. The Kier molecular flexibility index (Phi) is 9.57. The van der Waals surface area contributed by atoms with E-state index in [9.17, 15) is 5.11 Å². The Morgan fingerprint density at radius 2 is 1.88 bits per heavy atom. The summed E-state index contributed by atoms with van der Waals surface area (Å²) in [5, 5.41) is 18.6. The largest absolute Gasteiger partial charge is 0.502 e. The molecule has 2 aromatic rings. The molecule has 6 nitrogen and oxygen atoms in total. The summed E-state index contributed by atoms with van der Waals surface area (Å²) in [7, 11) is 4.76. The summed E-state index contributed by atoms with van der Waals surface area (Å²) in [6, 6.07) is 7.75. The van der Waals surface area contributed by atoms with Gasteiger partial charge >= 0.3 is 0 Å². The highest BCUT2D eigenvalue weighted by Gasteiger charge is 2.12. The Hall–Kier alpha value is -1.68. The fourth-order valence-corrected chi connectivity index (χ4v) is 3.17. The van der Waals surface area contributed by atoms with Gasteiger partial charge in [0.1, 0.15) is 0 Å². The first-order valence-corrected chi connectivity index (χ1v) is 8.88. The van der Waals surface area contributed by atoms with Crippen molar-refractivity contribution in [1.29, 1.82) is 0 Å². The molecule has 1 unspecified atom stereocenters. The van der Waals surface area contributed by atoms with Crippen LogP contribution in [0.25, 0.3) is 0 Å². The van der Waals surface area contributed by atoms with Crippen molar-refractivity contribution < 1.29 is 14.6 Å². The molecule has 1 atom stereocenters. The highest BCUT2D eigenvalue weighted by molar-refractivity contribution is 14.0. The first-order valence-electron chi connectivity index (χ1n) is 8.00. The summed E-state index contributed by atoms with van der Waals surface area (Å²) in [4.78, 5) is 5.59. The summed E-state index contributed by atoms with van der Waals surface area (Å²) in [5.41, 5.74) is 0.917. The number of benzene rings is 1. The van der Waals surface area contributed by atoms with Gasteiger partial charge < -0.3 is 25.2 Å². The molecule has 0 aliphatic heterocycles. The SMILES string of the molecule is CN=C(NCc1cc(OC)c(O)c(OC)c1)NCC(C)c1cccs1.I. The molecule has 0 aliphatic carbocycles. The lowest BCUT2D eigenvalue weighted by molar-refractivity contribution is 0.339. The second-order valence-corrected chi connectivity index (χ2v) is 6.55. The van der Waals surface area contributed by atoms with E-state index in [0.717, 1.165) is 18.1 Å². The quantitative estimate of drug-likeness (QED) is 0.314. The van der Waals surface area contributed by atoms with Gasteiger partial charge in [-0.25, -0.2) is 0 Å². The van der Waals surface area contributed by atoms with E-state index >= 15 is 0 Å². The molecular weight excluding hydrogens is 465 g/mol. The molecule has 0 spiro atoms. The van der Waals surface area contributed by atoms with Crippen LogP contribution in [-0.2, 0) is 6.54 Å². The van der Waals surface area contributed by atoms with Crippen molar-refractivity contribution in [3.8, 4) is 17.2 Å². The normalized spacial score (nSPS) is 12.1. The van der Waals surface area contributed by atoms with Gasteiger partial charge in [0.15, 0.2) is 17.5 Å². The predicted molar refractivity (Wildman–Crippen MR) is 118 cm³/mol. The predicted octanol–water partition coefficient (Wildman–Crippen LogP) is 3.56. The third-order valence-corrected chi connectivity index (χ3v) is 4.93. The minimum absolute atomic E-state index is 0. The fraction of sp³-hybridized carbons (Fsp3) is 0.389. The van der Waals surface area contributed by atoms with Crippen LogP contribution in [0.3, 0.4) is 0 Å². The van der Waals surface area contributed by atoms with Crippen molar-refractivity contribution in [3.05, 3.63) is 40.1 Å². The molecule has 0 bridgehead atoms. The molecule has 3 N–H and O–H groups in total. The van der Waals surface area contributed by atoms with E-state index in [1.54, 1.807) is 30.5 Å². The zero-order valence-corrected chi connectivity index (χ0v) is 18.6. The van der Waals surface area contributed by atoms with Gasteiger partial charge in [0.05, 0.1) is 14.2 Å². The fourth-order valence-electron chi connectivity index (χ4n) is 2.38. The van der Waals surface area contributed by atoms with Crippen LogP contribution in [0.4, 0.5) is 0 Å². The van der Waals surface area contributed by atoms with Crippen molar-refractivity contribution in [2.75, 3.05) is 27.8 Å². The number of hydrogen-bond acceptors (Lipinski definition) is 5. The number of thiophene rings is 1. The van der Waals surface area contributed by atoms with Gasteiger partial charge in [-0.05, 0) is 29.1 Å². The molecule has 144 valence electrons. The van der Waals surface area contributed by atoms with Crippen molar-refractivity contribution in [2.45, 2.75) is 19.4 Å². The Morgan fingerprint density at radius 3 is 2.38 bits per heavy atom. The summed E-state index contributed by atoms with van der Waals surface area (Å²) in [6.07, 6.45) is 0. The third-order valence-electron chi connectivity index (χ3n) is 3.83. The zero-order valence-electron chi connectivity index (χ0n) is 15.4. The summed E-state index contributed by atoms with van der Waals surface area (Å²) >= 11 is 1.76. The van der Waals surface area contributed by atoms with Gasteiger partial charge in [-0.3, -0.25) is 4.99 Å². The van der Waals surface area contributed by atoms with Gasteiger partial charge in [-0.1, -0.05) is 13.0 Å². The van der Waals surface area contributed by atoms with E-state index in [1.807, 2.05) is 0 Å². The van der Waals surface area contributed by atoms with Gasteiger partial charge in [0.2, 0.25) is 5.75 Å². The van der Waals surface area contributed by atoms with Crippen molar-refractivity contribution in [2.24, 2.45) is 4.99 Å². The number of phenols is 1. The number of methoxy groups -OCH3 is 2. The second-order valence-electron chi connectivity index (χ2n) is 5.57. The number of ether oxygens (including phenoxy) is 2. The van der Waals surface area contributed by atoms with E-state index in [2.05, 4.69) is 40.1 Å². The van der Waals surface area contributed by atoms with Crippen LogP contribution in [0.2, 0.25) is 0 Å². The number of phenolic OH excluding ortho intramolecular Hbond substituents is 1. The highest BCUT2D eigenvalue weighted by atomic mass is 127. The molecule has 0 saturated carbocycles. The van der Waals surface area contributed by atoms with Crippen LogP contribution in [0.5, 0.6) is 17.2 Å². The lowest BCUT2D eigenvalue weighted by Gasteiger charge is -2.16. The van der Waals surface area contributed by atoms with Crippen LogP contribution >= 0.6 is 35.3 Å². The van der Waals surface area contributed by atoms with Crippen molar-refractivity contribution >= 4 is 41.3 Å². The van der Waals surface area contributed by atoms with Gasteiger partial charge in [-0.2, -0.15) is 0 Å². The first-order chi connectivity index (χ1) is 12.1. The standard InChI is InChI=1S/C18H25N3O3S.HI/c1-12(16-6-5-7-25-16)10-20-18(19-2)21-11-13-8-14(23-3)17(22)15(9-13)24-4;/h5-9,12,22H,10-11H2,1-4H3,(H2,19,20,21);1H. The van der Waals surface area contributed by atoms with E-state index < -0.39 is 0 Å². The monoisotopic (exact) mass is 491 g/mol.